The van der Waals surface area contributed by atoms with E-state index in [9.17, 15) is 0 Å². The zero-order valence-corrected chi connectivity index (χ0v) is 9.69. The maximum Gasteiger partial charge on any atom is 0.119 e. The van der Waals surface area contributed by atoms with Gasteiger partial charge in [0.05, 0.1) is 7.11 Å². The number of ether oxygens (including phenoxy) is 1. The molecule has 1 nitrogen and oxygen atoms in total. The lowest BCUT2D eigenvalue weighted by Gasteiger charge is -2.07. The molecule has 0 aromatic heterocycles. The minimum atomic E-state index is 0.320. The smallest absolute Gasteiger partial charge is 0.119 e. The molecule has 0 aliphatic heterocycles. The molecule has 0 atom stereocenters. The fourth-order valence-electron chi connectivity index (χ4n) is 1.26. The summed E-state index contributed by atoms with van der Waals surface area (Å²) >= 11 is 11.6. The Morgan fingerprint density at radius 2 is 2.07 bits per heavy atom. The van der Waals surface area contributed by atoms with Gasteiger partial charge in [-0.3, -0.25) is 0 Å². The van der Waals surface area contributed by atoms with Crippen LogP contribution in [0.2, 0.25) is 0 Å². The topological polar surface area (TPSA) is 9.23 Å². The number of rotatable bonds is 3. The lowest BCUT2D eigenvalue weighted by molar-refractivity contribution is 0.414. The highest BCUT2D eigenvalue weighted by molar-refractivity contribution is 6.58. The monoisotopic (exact) mass is 230 g/mol. The van der Waals surface area contributed by atoms with Crippen LogP contribution in [0.1, 0.15) is 18.9 Å². The molecule has 0 fully saturated rings. The summed E-state index contributed by atoms with van der Waals surface area (Å²) in [5.74, 6) is 0.808. The number of benzene rings is 1. The molecule has 1 aromatic carbocycles. The molecule has 14 heavy (non-hydrogen) atoms. The van der Waals surface area contributed by atoms with Gasteiger partial charge in [-0.25, -0.2) is 0 Å². The lowest BCUT2D eigenvalue weighted by atomic mass is 10.1. The van der Waals surface area contributed by atoms with E-state index in [1.807, 2.05) is 31.2 Å². The number of allylic oxidation sites excluding steroid dienone is 1. The molecule has 0 unspecified atom stereocenters. The summed E-state index contributed by atoms with van der Waals surface area (Å²) in [4.78, 5) is 0. The summed E-state index contributed by atoms with van der Waals surface area (Å²) in [7, 11) is 1.64. The zero-order valence-electron chi connectivity index (χ0n) is 8.18. The Hall–Kier alpha value is -0.660. The average molecular weight is 231 g/mol. The van der Waals surface area contributed by atoms with E-state index >= 15 is 0 Å². The molecule has 0 bridgehead atoms. The van der Waals surface area contributed by atoms with Crippen LogP contribution in [0, 0.1) is 0 Å². The standard InChI is InChI=1S/C11H12Cl2O/c1-3-10(11(12)13)8-5-4-6-9(7-8)14-2/h4-7H,3H2,1-2H3. The van der Waals surface area contributed by atoms with Crippen LogP contribution >= 0.6 is 23.2 Å². The van der Waals surface area contributed by atoms with E-state index in [-0.39, 0.29) is 0 Å². The van der Waals surface area contributed by atoms with Gasteiger partial charge in [-0.2, -0.15) is 0 Å². The van der Waals surface area contributed by atoms with Crippen molar-refractivity contribution in [1.82, 2.24) is 0 Å². The van der Waals surface area contributed by atoms with E-state index in [2.05, 4.69) is 0 Å². The van der Waals surface area contributed by atoms with Crippen molar-refractivity contribution in [3.8, 4) is 5.75 Å². The molecule has 0 saturated heterocycles. The van der Waals surface area contributed by atoms with Gasteiger partial charge in [-0.15, -0.1) is 0 Å². The molecular weight excluding hydrogens is 219 g/mol. The molecule has 76 valence electrons. The van der Waals surface area contributed by atoms with Crippen LogP contribution < -0.4 is 4.74 Å². The van der Waals surface area contributed by atoms with Gasteiger partial charge >= 0.3 is 0 Å². The summed E-state index contributed by atoms with van der Waals surface area (Å²) in [6, 6.07) is 7.69. The maximum atomic E-state index is 5.78. The van der Waals surface area contributed by atoms with Crippen molar-refractivity contribution in [1.29, 1.82) is 0 Å². The first kappa shape index (κ1) is 11.4. The Balaban J connectivity index is 3.12. The van der Waals surface area contributed by atoms with E-state index in [0.29, 0.717) is 4.49 Å². The minimum Gasteiger partial charge on any atom is -0.497 e. The fourth-order valence-corrected chi connectivity index (χ4v) is 1.74. The molecule has 0 saturated carbocycles. The Morgan fingerprint density at radius 3 is 2.57 bits per heavy atom. The molecule has 0 radical (unpaired) electrons. The van der Waals surface area contributed by atoms with Crippen LogP contribution in [-0.4, -0.2) is 7.11 Å². The van der Waals surface area contributed by atoms with Gasteiger partial charge in [0.25, 0.3) is 0 Å². The zero-order chi connectivity index (χ0) is 10.6. The quantitative estimate of drug-likeness (QED) is 0.755. The molecule has 0 amide bonds. The predicted octanol–water partition coefficient (Wildman–Crippen LogP) is 4.25. The third kappa shape index (κ3) is 2.66. The van der Waals surface area contributed by atoms with Crippen molar-refractivity contribution in [3.05, 3.63) is 34.3 Å². The van der Waals surface area contributed by atoms with E-state index in [0.717, 1.165) is 23.3 Å². The molecule has 0 aliphatic carbocycles. The summed E-state index contributed by atoms with van der Waals surface area (Å²) < 4.78 is 5.44. The van der Waals surface area contributed by atoms with E-state index in [1.165, 1.54) is 0 Å². The number of hydrogen-bond acceptors (Lipinski definition) is 1. The van der Waals surface area contributed by atoms with Crippen molar-refractivity contribution >= 4 is 28.8 Å². The Labute approximate surface area is 94.3 Å². The first-order valence-electron chi connectivity index (χ1n) is 4.37. The second-order valence-electron chi connectivity index (χ2n) is 2.82. The van der Waals surface area contributed by atoms with E-state index in [4.69, 9.17) is 27.9 Å². The highest BCUT2D eigenvalue weighted by atomic mass is 35.5. The Kier molecular flexibility index (Phi) is 4.30. The van der Waals surface area contributed by atoms with Crippen molar-refractivity contribution in [3.63, 3.8) is 0 Å². The Bertz CT molecular complexity index is 341. The van der Waals surface area contributed by atoms with Gasteiger partial charge < -0.3 is 4.74 Å². The van der Waals surface area contributed by atoms with Crippen LogP contribution in [0.25, 0.3) is 5.57 Å². The second kappa shape index (κ2) is 5.28. The van der Waals surface area contributed by atoms with Gasteiger partial charge in [0, 0.05) is 0 Å². The normalized spacial score (nSPS) is 9.71. The van der Waals surface area contributed by atoms with Crippen molar-refractivity contribution in [2.24, 2.45) is 0 Å². The van der Waals surface area contributed by atoms with Gasteiger partial charge in [0.1, 0.15) is 10.2 Å². The fraction of sp³-hybridized carbons (Fsp3) is 0.273. The largest absolute Gasteiger partial charge is 0.497 e. The molecule has 1 rings (SSSR count). The second-order valence-corrected chi connectivity index (χ2v) is 3.77. The van der Waals surface area contributed by atoms with Crippen molar-refractivity contribution in [2.75, 3.05) is 7.11 Å². The van der Waals surface area contributed by atoms with Gasteiger partial charge in [0.2, 0.25) is 0 Å². The highest BCUT2D eigenvalue weighted by Crippen LogP contribution is 2.28. The summed E-state index contributed by atoms with van der Waals surface area (Å²) in [5.41, 5.74) is 1.94. The van der Waals surface area contributed by atoms with Crippen LogP contribution in [-0.2, 0) is 0 Å². The summed E-state index contributed by atoms with van der Waals surface area (Å²) in [6.45, 7) is 2.01. The molecule has 0 spiro atoms. The van der Waals surface area contributed by atoms with Gasteiger partial charge in [-0.1, -0.05) is 42.3 Å². The minimum absolute atomic E-state index is 0.320. The van der Waals surface area contributed by atoms with E-state index in [1.54, 1.807) is 7.11 Å². The highest BCUT2D eigenvalue weighted by Gasteiger charge is 2.04. The third-order valence-electron chi connectivity index (χ3n) is 2.00. The number of halogens is 2. The predicted molar refractivity (Wildman–Crippen MR) is 61.9 cm³/mol. The molecule has 0 aliphatic rings. The van der Waals surface area contributed by atoms with Crippen LogP contribution in [0.15, 0.2) is 28.8 Å². The molecule has 0 heterocycles. The molecule has 3 heteroatoms. The van der Waals surface area contributed by atoms with Crippen molar-refractivity contribution < 1.29 is 4.74 Å². The van der Waals surface area contributed by atoms with Gasteiger partial charge in [-0.05, 0) is 29.7 Å². The van der Waals surface area contributed by atoms with Crippen LogP contribution in [0.3, 0.4) is 0 Å². The molecule has 0 N–H and O–H groups in total. The first-order chi connectivity index (χ1) is 6.69. The Morgan fingerprint density at radius 1 is 1.36 bits per heavy atom. The maximum absolute atomic E-state index is 5.78. The number of methoxy groups -OCH3 is 1. The third-order valence-corrected chi connectivity index (χ3v) is 2.46. The van der Waals surface area contributed by atoms with Crippen molar-refractivity contribution in [2.45, 2.75) is 13.3 Å². The SMILES string of the molecule is CCC(=C(Cl)Cl)c1cccc(OC)c1. The molecular formula is C11H12Cl2O. The number of hydrogen-bond donors (Lipinski definition) is 0. The van der Waals surface area contributed by atoms with Crippen LogP contribution in [0.4, 0.5) is 0 Å². The summed E-state index contributed by atoms with van der Waals surface area (Å²) in [5, 5.41) is 0. The van der Waals surface area contributed by atoms with Gasteiger partial charge in [0.15, 0.2) is 0 Å². The van der Waals surface area contributed by atoms with E-state index < -0.39 is 0 Å². The lowest BCUT2D eigenvalue weighted by Crippen LogP contribution is -1.87. The van der Waals surface area contributed by atoms with Crippen LogP contribution in [0.5, 0.6) is 5.75 Å². The average Bonchev–Trinajstić information content (AvgIpc) is 2.19. The first-order valence-corrected chi connectivity index (χ1v) is 5.13. The summed E-state index contributed by atoms with van der Waals surface area (Å²) in [6.07, 6.45) is 0.801. The molecule has 1 aromatic rings.